The predicted molar refractivity (Wildman–Crippen MR) is 220 cm³/mol. The van der Waals surface area contributed by atoms with Crippen molar-refractivity contribution in [3.05, 3.63) is 173 Å². The Labute approximate surface area is 301 Å². The summed E-state index contributed by atoms with van der Waals surface area (Å²) in [5.74, 6) is 0. The number of rotatable bonds is 5. The SMILES string of the molecule is Cc1cc(C)c(B(c2ccc(-c3ccc4c(c3)N(c3ccccc3)c3cccc5c6ccccc6n-4c35)cc2)c2c(C)cc(C)cc2C)c(C)c1. The van der Waals surface area contributed by atoms with Crippen LogP contribution in [0, 0.1) is 41.5 Å². The van der Waals surface area contributed by atoms with E-state index in [4.69, 9.17) is 0 Å². The van der Waals surface area contributed by atoms with E-state index < -0.39 is 0 Å². The molecule has 0 spiro atoms. The Hall–Kier alpha value is -5.80. The third-order valence-corrected chi connectivity index (χ3v) is 11.0. The van der Waals surface area contributed by atoms with Crippen LogP contribution in [0.1, 0.15) is 33.4 Å². The van der Waals surface area contributed by atoms with Crippen LogP contribution < -0.4 is 21.3 Å². The monoisotopic (exact) mass is 656 g/mol. The summed E-state index contributed by atoms with van der Waals surface area (Å²) in [7, 11) is 0. The van der Waals surface area contributed by atoms with Crippen LogP contribution in [0.4, 0.5) is 17.1 Å². The second-order valence-corrected chi connectivity index (χ2v) is 14.6. The van der Waals surface area contributed by atoms with Gasteiger partial charge in [0.05, 0.1) is 28.1 Å². The van der Waals surface area contributed by atoms with Crippen molar-refractivity contribution < 1.29 is 0 Å². The third-order valence-electron chi connectivity index (χ3n) is 11.0. The molecule has 246 valence electrons. The van der Waals surface area contributed by atoms with E-state index in [1.54, 1.807) is 0 Å². The van der Waals surface area contributed by atoms with Crippen LogP contribution in [-0.4, -0.2) is 11.3 Å². The molecule has 0 radical (unpaired) electrons. The Balaban J connectivity index is 1.21. The first-order valence-corrected chi connectivity index (χ1v) is 18.1. The van der Waals surface area contributed by atoms with Crippen LogP contribution in [0.3, 0.4) is 0 Å². The van der Waals surface area contributed by atoms with E-state index in [1.165, 1.54) is 99.8 Å². The van der Waals surface area contributed by atoms with E-state index in [9.17, 15) is 0 Å². The number of nitrogens with zero attached hydrogens (tertiary/aromatic N) is 2. The van der Waals surface area contributed by atoms with Gasteiger partial charge in [-0.1, -0.05) is 153 Å². The van der Waals surface area contributed by atoms with Crippen LogP contribution in [0.15, 0.2) is 140 Å². The maximum Gasteiger partial charge on any atom is 0.242 e. The van der Waals surface area contributed by atoms with Crippen molar-refractivity contribution in [3.8, 4) is 16.8 Å². The molecule has 0 fully saturated rings. The standard InChI is InChI=1S/C48H41BN2/c1-30-25-32(3)46(33(4)26-30)49(47-34(5)27-31(2)28-35(47)6)38-22-19-36(20-23-38)37-21-24-43-45(29-37)50(39-13-8-7-9-14-39)44-18-12-16-41-40-15-10-11-17-42(40)51(43)48(41)44/h7-29H,1-6H3. The highest BCUT2D eigenvalue weighted by Crippen LogP contribution is 2.50. The fourth-order valence-electron chi connectivity index (χ4n) is 9.13. The van der Waals surface area contributed by atoms with Gasteiger partial charge in [0.2, 0.25) is 6.71 Å². The van der Waals surface area contributed by atoms with Gasteiger partial charge in [-0.2, -0.15) is 0 Å². The maximum atomic E-state index is 2.46. The zero-order valence-corrected chi connectivity index (χ0v) is 30.3. The van der Waals surface area contributed by atoms with Crippen LogP contribution in [0.5, 0.6) is 0 Å². The number of anilines is 3. The van der Waals surface area contributed by atoms with Gasteiger partial charge in [-0.05, 0) is 89.1 Å². The maximum absolute atomic E-state index is 2.46. The number of para-hydroxylation sites is 3. The molecule has 51 heavy (non-hydrogen) atoms. The first-order chi connectivity index (χ1) is 24.8. The fourth-order valence-corrected chi connectivity index (χ4v) is 9.13. The van der Waals surface area contributed by atoms with Crippen molar-refractivity contribution in [1.29, 1.82) is 0 Å². The molecule has 1 aliphatic rings. The summed E-state index contributed by atoms with van der Waals surface area (Å²) in [5, 5.41) is 2.56. The molecule has 0 saturated heterocycles. The Morgan fingerprint density at radius 2 is 1.00 bits per heavy atom. The second kappa shape index (κ2) is 11.9. The lowest BCUT2D eigenvalue weighted by molar-refractivity contribution is 1.11. The van der Waals surface area contributed by atoms with Gasteiger partial charge in [0.25, 0.3) is 0 Å². The van der Waals surface area contributed by atoms with Crippen molar-refractivity contribution in [1.82, 2.24) is 4.57 Å². The summed E-state index contributed by atoms with van der Waals surface area (Å²) in [6.45, 7) is 13.7. The Morgan fingerprint density at radius 1 is 0.431 bits per heavy atom. The lowest BCUT2D eigenvalue weighted by Gasteiger charge is -2.33. The number of benzene rings is 7. The second-order valence-electron chi connectivity index (χ2n) is 14.6. The number of hydrogen-bond acceptors (Lipinski definition) is 1. The van der Waals surface area contributed by atoms with Gasteiger partial charge in [0.1, 0.15) is 0 Å². The summed E-state index contributed by atoms with van der Waals surface area (Å²) >= 11 is 0. The molecule has 0 unspecified atom stereocenters. The molecule has 8 aromatic rings. The Morgan fingerprint density at radius 3 is 1.65 bits per heavy atom. The highest BCUT2D eigenvalue weighted by atomic mass is 15.2. The molecule has 7 aromatic carbocycles. The Bertz CT molecular complexity index is 2540. The van der Waals surface area contributed by atoms with E-state index in [2.05, 4.69) is 191 Å². The summed E-state index contributed by atoms with van der Waals surface area (Å²) in [4.78, 5) is 2.44. The third kappa shape index (κ3) is 4.94. The predicted octanol–water partition coefficient (Wildman–Crippen LogP) is 10.6. The van der Waals surface area contributed by atoms with E-state index in [-0.39, 0.29) is 6.71 Å². The van der Waals surface area contributed by atoms with Gasteiger partial charge in [0.15, 0.2) is 0 Å². The highest BCUT2D eigenvalue weighted by molar-refractivity contribution is 6.96. The largest absolute Gasteiger partial charge is 0.306 e. The van der Waals surface area contributed by atoms with Crippen LogP contribution in [-0.2, 0) is 0 Å². The molecular formula is C48H41BN2. The molecule has 2 nitrogen and oxygen atoms in total. The smallest absolute Gasteiger partial charge is 0.242 e. The zero-order valence-electron chi connectivity index (χ0n) is 30.3. The Kier molecular flexibility index (Phi) is 7.29. The van der Waals surface area contributed by atoms with Crippen LogP contribution in [0.25, 0.3) is 38.6 Å². The van der Waals surface area contributed by atoms with Crippen LogP contribution >= 0.6 is 0 Å². The summed E-state index contributed by atoms with van der Waals surface area (Å²) in [5.41, 5.74) is 21.8. The van der Waals surface area contributed by atoms with Gasteiger partial charge < -0.3 is 9.47 Å². The van der Waals surface area contributed by atoms with E-state index in [0.29, 0.717) is 0 Å². The lowest BCUT2D eigenvalue weighted by atomic mass is 9.34. The van der Waals surface area contributed by atoms with E-state index in [1.807, 2.05) is 0 Å². The molecule has 0 amide bonds. The van der Waals surface area contributed by atoms with Gasteiger partial charge in [-0.15, -0.1) is 0 Å². The minimum absolute atomic E-state index is 0.151. The molecule has 0 aliphatic carbocycles. The summed E-state index contributed by atoms with van der Waals surface area (Å²) in [6, 6.07) is 52.0. The first-order valence-electron chi connectivity index (χ1n) is 18.1. The summed E-state index contributed by atoms with van der Waals surface area (Å²) < 4.78 is 2.46. The topological polar surface area (TPSA) is 8.17 Å². The van der Waals surface area contributed by atoms with Crippen molar-refractivity contribution in [2.45, 2.75) is 41.5 Å². The van der Waals surface area contributed by atoms with Gasteiger partial charge in [-0.3, -0.25) is 0 Å². The molecule has 3 heteroatoms. The van der Waals surface area contributed by atoms with Crippen molar-refractivity contribution in [2.24, 2.45) is 0 Å². The molecule has 0 saturated carbocycles. The van der Waals surface area contributed by atoms with Gasteiger partial charge in [0, 0.05) is 16.5 Å². The van der Waals surface area contributed by atoms with Gasteiger partial charge in [-0.25, -0.2) is 0 Å². The molecule has 0 bridgehead atoms. The number of hydrogen-bond donors (Lipinski definition) is 0. The summed E-state index contributed by atoms with van der Waals surface area (Å²) in [6.07, 6.45) is 0. The molecule has 0 atom stereocenters. The van der Waals surface area contributed by atoms with Crippen LogP contribution in [0.2, 0.25) is 0 Å². The molecule has 0 N–H and O–H groups in total. The number of aryl methyl sites for hydroxylation is 6. The van der Waals surface area contributed by atoms with E-state index in [0.717, 1.165) is 5.69 Å². The lowest BCUT2D eigenvalue weighted by Crippen LogP contribution is -2.55. The molecule has 9 rings (SSSR count). The number of fused-ring (bicyclic) bond motifs is 5. The van der Waals surface area contributed by atoms with Crippen molar-refractivity contribution in [2.75, 3.05) is 4.90 Å². The molecule has 1 aliphatic heterocycles. The minimum Gasteiger partial charge on any atom is -0.306 e. The highest BCUT2D eigenvalue weighted by Gasteiger charge is 2.30. The fraction of sp³-hybridized carbons (Fsp3) is 0.125. The molecular weight excluding hydrogens is 615 g/mol. The van der Waals surface area contributed by atoms with Crippen molar-refractivity contribution >= 4 is 62.0 Å². The first kappa shape index (κ1) is 31.2. The normalized spacial score (nSPS) is 12.1. The minimum atomic E-state index is 0.151. The number of aromatic nitrogens is 1. The molecule has 2 heterocycles. The average molecular weight is 657 g/mol. The van der Waals surface area contributed by atoms with Crippen molar-refractivity contribution in [3.63, 3.8) is 0 Å². The van der Waals surface area contributed by atoms with Gasteiger partial charge >= 0.3 is 0 Å². The average Bonchev–Trinajstić information content (AvgIpc) is 3.46. The zero-order chi connectivity index (χ0) is 35.0. The van der Waals surface area contributed by atoms with E-state index >= 15 is 0 Å². The quantitative estimate of drug-likeness (QED) is 0.167. The molecule has 1 aromatic heterocycles.